The molecule has 3 nitrogen and oxygen atoms in total. The summed E-state index contributed by atoms with van der Waals surface area (Å²) in [5, 5.41) is 0. The van der Waals surface area contributed by atoms with Crippen LogP contribution in [0.15, 0.2) is 0 Å². The van der Waals surface area contributed by atoms with Crippen LogP contribution in [0.5, 0.6) is 0 Å². The van der Waals surface area contributed by atoms with Crippen LogP contribution in [0.4, 0.5) is 0 Å². The first-order valence-electron chi connectivity index (χ1n) is 2.82. The van der Waals surface area contributed by atoms with E-state index in [1.165, 1.54) is 0 Å². The second-order valence-corrected chi connectivity index (χ2v) is 18.6. The Labute approximate surface area is 147 Å². The van der Waals surface area contributed by atoms with Gasteiger partial charge in [0.05, 0.1) is 7.11 Å². The van der Waals surface area contributed by atoms with Gasteiger partial charge in [0.15, 0.2) is 5.38 Å². The Morgan fingerprint density at radius 3 is 1.47 bits per heavy atom. The first-order chi connectivity index (χ1) is 6.31. The summed E-state index contributed by atoms with van der Waals surface area (Å²) in [5.41, 5.74) is 0. The molecular formula is C4H2Br7O3S. The zero-order valence-corrected chi connectivity index (χ0v) is 18.4. The number of alkyl halides is 7. The van der Waals surface area contributed by atoms with Crippen molar-refractivity contribution in [2.75, 3.05) is 0 Å². The molecule has 0 amide bonds. The van der Waals surface area contributed by atoms with E-state index in [0.717, 1.165) is 0 Å². The predicted molar refractivity (Wildman–Crippen MR) is 86.0 cm³/mol. The Morgan fingerprint density at radius 2 is 1.27 bits per heavy atom. The van der Waals surface area contributed by atoms with Crippen LogP contribution in [0.3, 0.4) is 0 Å². The van der Waals surface area contributed by atoms with Gasteiger partial charge in [0, 0.05) is 0 Å². The van der Waals surface area contributed by atoms with Crippen LogP contribution in [-0.4, -0.2) is 16.4 Å². The molecule has 0 aliphatic heterocycles. The first-order valence-corrected chi connectivity index (χ1v) is 9.77. The van der Waals surface area contributed by atoms with Crippen LogP contribution in [0.1, 0.15) is 0 Å². The van der Waals surface area contributed by atoms with E-state index >= 15 is 0 Å². The summed E-state index contributed by atoms with van der Waals surface area (Å²) in [6.07, 6.45) is 0. The Balaban J connectivity index is 5.60. The van der Waals surface area contributed by atoms with Crippen molar-refractivity contribution in [2.45, 2.75) is 7.94 Å². The highest BCUT2D eigenvalue weighted by atomic mass is 80.0. The summed E-state index contributed by atoms with van der Waals surface area (Å²) >= 11 is 22.0. The van der Waals surface area contributed by atoms with Crippen LogP contribution < -0.4 is 0 Å². The molecule has 0 bridgehead atoms. The predicted octanol–water partition coefficient (Wildman–Crippen LogP) is 4.89. The lowest BCUT2D eigenvalue weighted by atomic mass is 10.6. The Morgan fingerprint density at radius 1 is 0.933 bits per heavy atom. The third-order valence-electron chi connectivity index (χ3n) is 1.19. The fourth-order valence-corrected chi connectivity index (χ4v) is 6.24. The number of hydrogen-bond acceptors (Lipinski definition) is 3. The Bertz CT molecular complexity index is 329. The van der Waals surface area contributed by atoms with Gasteiger partial charge in [-0.25, -0.2) is 0 Å². The van der Waals surface area contributed by atoms with Crippen molar-refractivity contribution >= 4 is 122 Å². The second-order valence-electron chi connectivity index (χ2n) is 2.16. The summed E-state index contributed by atoms with van der Waals surface area (Å²) in [6, 6.07) is 0. The molecular weight excluding hydrogens is 687 g/mol. The topological polar surface area (TPSA) is 43.4 Å². The molecule has 0 aromatic heterocycles. The molecule has 0 aliphatic rings. The van der Waals surface area contributed by atoms with E-state index in [2.05, 4.69) is 123 Å². The molecule has 0 N–H and O–H groups in total. The summed E-state index contributed by atoms with van der Waals surface area (Å²) in [6.45, 7) is 0. The van der Waals surface area contributed by atoms with Gasteiger partial charge in [-0.05, 0) is 31.9 Å². The van der Waals surface area contributed by atoms with Gasteiger partial charge in [0.2, 0.25) is 2.57 Å². The maximum absolute atomic E-state index is 11.6. The van der Waals surface area contributed by atoms with Crippen LogP contribution in [0.25, 0.3) is 0 Å². The van der Waals surface area contributed by atoms with E-state index in [-0.39, 0.29) is 0 Å². The van der Waals surface area contributed by atoms with Gasteiger partial charge in [-0.2, -0.15) is 8.42 Å². The minimum Gasteiger partial charge on any atom is -0.266 e. The molecule has 0 aromatic carbocycles. The van der Waals surface area contributed by atoms with Crippen molar-refractivity contribution in [3.05, 3.63) is 7.11 Å². The molecule has 1 radical (unpaired) electrons. The van der Waals surface area contributed by atoms with Crippen LogP contribution in [0, 0.1) is 7.11 Å². The van der Waals surface area contributed by atoms with Crippen molar-refractivity contribution in [2.24, 2.45) is 0 Å². The average molecular weight is 689 g/mol. The molecule has 11 heteroatoms. The molecule has 0 atom stereocenters. The van der Waals surface area contributed by atoms with Crippen LogP contribution in [0.2, 0.25) is 0 Å². The number of rotatable bonds is 3. The zero-order chi connectivity index (χ0) is 12.7. The monoisotopic (exact) mass is 682 g/mol. The highest BCUT2D eigenvalue weighted by molar-refractivity contribution is 9.42. The fourth-order valence-electron chi connectivity index (χ4n) is 0.396. The number of hydrogen-bond donors (Lipinski definition) is 0. The molecule has 0 spiro atoms. The first kappa shape index (κ1) is 18.3. The second kappa shape index (κ2) is 5.72. The minimum absolute atomic E-state index is 0.974. The molecule has 0 aromatic rings. The molecule has 0 aliphatic carbocycles. The SMILES string of the molecule is [CH2]OS(=O)(=O)C(Br)(Br)C(Br)(Br)C(Br)(Br)Br. The summed E-state index contributed by atoms with van der Waals surface area (Å²) < 4.78 is 23.5. The summed E-state index contributed by atoms with van der Waals surface area (Å²) in [4.78, 5) is 0. The Hall–Kier alpha value is 3.27. The molecule has 0 heterocycles. The quantitative estimate of drug-likeness (QED) is 0.314. The molecule has 0 unspecified atom stereocenters. The van der Waals surface area contributed by atoms with E-state index in [9.17, 15) is 8.42 Å². The van der Waals surface area contributed by atoms with Gasteiger partial charge in [-0.1, -0.05) is 79.6 Å². The maximum Gasteiger partial charge on any atom is 0.296 e. The van der Waals surface area contributed by atoms with Crippen molar-refractivity contribution in [3.8, 4) is 0 Å². The van der Waals surface area contributed by atoms with Crippen molar-refractivity contribution < 1.29 is 12.6 Å². The minimum atomic E-state index is -4.00. The van der Waals surface area contributed by atoms with Gasteiger partial charge in [0.25, 0.3) is 10.1 Å². The van der Waals surface area contributed by atoms with Crippen molar-refractivity contribution in [1.29, 1.82) is 0 Å². The van der Waals surface area contributed by atoms with Crippen LogP contribution >= 0.6 is 112 Å². The van der Waals surface area contributed by atoms with E-state index in [1.54, 1.807) is 0 Å². The summed E-state index contributed by atoms with van der Waals surface area (Å²) in [5.74, 6) is 0. The fraction of sp³-hybridized carbons (Fsp3) is 0.750. The van der Waals surface area contributed by atoms with Gasteiger partial charge in [0.1, 0.15) is 0 Å². The van der Waals surface area contributed by atoms with E-state index in [0.29, 0.717) is 0 Å². The zero-order valence-electron chi connectivity index (χ0n) is 6.49. The van der Waals surface area contributed by atoms with Crippen molar-refractivity contribution in [1.82, 2.24) is 0 Å². The molecule has 0 rings (SSSR count). The molecule has 15 heavy (non-hydrogen) atoms. The largest absolute Gasteiger partial charge is 0.296 e. The van der Waals surface area contributed by atoms with Gasteiger partial charge >= 0.3 is 0 Å². The highest BCUT2D eigenvalue weighted by Crippen LogP contribution is 2.64. The van der Waals surface area contributed by atoms with Crippen LogP contribution in [-0.2, 0) is 14.3 Å². The maximum atomic E-state index is 11.6. The molecule has 91 valence electrons. The smallest absolute Gasteiger partial charge is 0.266 e. The number of halogens is 7. The van der Waals surface area contributed by atoms with Gasteiger partial charge < -0.3 is 0 Å². The summed E-state index contributed by atoms with van der Waals surface area (Å²) in [7, 11) is -1.12. The van der Waals surface area contributed by atoms with Gasteiger partial charge in [-0.15, -0.1) is 0 Å². The molecule has 0 fully saturated rings. The third-order valence-corrected chi connectivity index (χ3v) is 16.0. The normalized spacial score (nSPS) is 15.5. The lowest BCUT2D eigenvalue weighted by Gasteiger charge is -2.38. The van der Waals surface area contributed by atoms with E-state index < -0.39 is 18.1 Å². The standard InChI is InChI=1S/C4H2Br7O3S/c1-14-15(12,13)4(10,11)2(5,6)3(7,8)9/h1H2. The van der Waals surface area contributed by atoms with E-state index in [1.807, 2.05) is 0 Å². The van der Waals surface area contributed by atoms with Crippen molar-refractivity contribution in [3.63, 3.8) is 0 Å². The van der Waals surface area contributed by atoms with E-state index in [4.69, 9.17) is 0 Å². The lowest BCUT2D eigenvalue weighted by Crippen LogP contribution is -2.49. The highest BCUT2D eigenvalue weighted by Gasteiger charge is 2.63. The third kappa shape index (κ3) is 3.64. The van der Waals surface area contributed by atoms with Gasteiger partial charge in [-0.3, -0.25) is 4.18 Å². The lowest BCUT2D eigenvalue weighted by molar-refractivity contribution is 0.432. The Kier molecular flexibility index (Phi) is 6.97. The molecule has 0 saturated carbocycles. The molecule has 0 saturated heterocycles. The average Bonchev–Trinajstić information content (AvgIpc) is 2.01.